The zero-order chi connectivity index (χ0) is 20.8. The molecule has 0 saturated heterocycles. The van der Waals surface area contributed by atoms with E-state index in [1.165, 1.54) is 5.56 Å². The average Bonchev–Trinajstić information content (AvgIpc) is 2.92. The van der Waals surface area contributed by atoms with Gasteiger partial charge in [-0.1, -0.05) is 72.8 Å². The van der Waals surface area contributed by atoms with E-state index in [-0.39, 0.29) is 23.6 Å². The molecule has 3 aromatic rings. The molecule has 1 aliphatic rings. The largest absolute Gasteiger partial charge is 0.354 e. The Kier molecular flexibility index (Phi) is 6.50. The highest BCUT2D eigenvalue weighted by atomic mass is 32.2. The Balaban J connectivity index is 1.46. The predicted molar refractivity (Wildman–Crippen MR) is 122 cm³/mol. The first-order valence-corrected chi connectivity index (χ1v) is 11.0. The van der Waals surface area contributed by atoms with Crippen LogP contribution in [0.4, 0.5) is 5.69 Å². The third-order valence-corrected chi connectivity index (χ3v) is 6.46. The Morgan fingerprint density at radius 1 is 0.933 bits per heavy atom. The minimum absolute atomic E-state index is 0.0282. The van der Waals surface area contributed by atoms with E-state index in [0.29, 0.717) is 13.0 Å². The van der Waals surface area contributed by atoms with Gasteiger partial charge in [-0.2, -0.15) is 0 Å². The molecule has 0 bridgehead atoms. The summed E-state index contributed by atoms with van der Waals surface area (Å²) in [5.74, 6) is -0.170. The molecule has 4 rings (SSSR count). The minimum Gasteiger partial charge on any atom is -0.354 e. The maximum atomic E-state index is 13.1. The van der Waals surface area contributed by atoms with Crippen molar-refractivity contribution in [2.75, 3.05) is 18.0 Å². The zero-order valence-corrected chi connectivity index (χ0v) is 17.5. The topological polar surface area (TPSA) is 49.4 Å². The van der Waals surface area contributed by atoms with Gasteiger partial charge in [0.05, 0.1) is 5.69 Å². The quantitative estimate of drug-likeness (QED) is 0.638. The molecule has 4 nitrogen and oxygen atoms in total. The fourth-order valence-corrected chi connectivity index (χ4v) is 4.88. The lowest BCUT2D eigenvalue weighted by Gasteiger charge is -2.22. The maximum absolute atomic E-state index is 13.1. The van der Waals surface area contributed by atoms with Gasteiger partial charge in [0.2, 0.25) is 11.8 Å². The van der Waals surface area contributed by atoms with Crippen LogP contribution < -0.4 is 10.2 Å². The number of hydrogen-bond donors (Lipinski definition) is 1. The van der Waals surface area contributed by atoms with Crippen molar-refractivity contribution in [1.29, 1.82) is 0 Å². The number of carbonyl (C=O) groups excluding carboxylic acids is 2. The Morgan fingerprint density at radius 2 is 1.60 bits per heavy atom. The Morgan fingerprint density at radius 3 is 2.37 bits per heavy atom. The first-order chi connectivity index (χ1) is 14.7. The lowest BCUT2D eigenvalue weighted by atomic mass is 10.1. The van der Waals surface area contributed by atoms with Crippen LogP contribution in [0.15, 0.2) is 89.8 Å². The molecule has 0 spiro atoms. The number of carbonyl (C=O) groups is 2. The molecule has 152 valence electrons. The minimum atomic E-state index is -0.141. The molecule has 30 heavy (non-hydrogen) atoms. The fraction of sp³-hybridized carbons (Fsp3) is 0.200. The molecule has 0 aromatic heterocycles. The summed E-state index contributed by atoms with van der Waals surface area (Å²) in [6, 6.07) is 28.0. The van der Waals surface area contributed by atoms with Crippen LogP contribution in [0.3, 0.4) is 0 Å². The van der Waals surface area contributed by atoms with E-state index in [4.69, 9.17) is 0 Å². The second-order valence-electron chi connectivity index (χ2n) is 7.25. The molecular formula is C25H24N2O2S. The zero-order valence-electron chi connectivity index (χ0n) is 16.7. The summed E-state index contributed by atoms with van der Waals surface area (Å²) in [4.78, 5) is 28.4. The maximum Gasteiger partial charge on any atom is 0.240 e. The van der Waals surface area contributed by atoms with E-state index >= 15 is 0 Å². The van der Waals surface area contributed by atoms with Crippen molar-refractivity contribution in [3.05, 3.63) is 96.1 Å². The lowest BCUT2D eigenvalue weighted by Crippen LogP contribution is -2.41. The molecular weight excluding hydrogens is 392 g/mol. The van der Waals surface area contributed by atoms with Crippen molar-refractivity contribution in [2.45, 2.75) is 23.0 Å². The number of amides is 2. The summed E-state index contributed by atoms with van der Waals surface area (Å²) in [5, 5.41) is 2.99. The molecule has 3 aromatic carbocycles. The highest BCUT2D eigenvalue weighted by Gasteiger charge is 2.30. The molecule has 2 amide bonds. The summed E-state index contributed by atoms with van der Waals surface area (Å²) in [6.45, 7) is 0.584. The number of nitrogens with one attached hydrogen (secondary N) is 1. The van der Waals surface area contributed by atoms with Gasteiger partial charge in [0.25, 0.3) is 0 Å². The monoisotopic (exact) mass is 416 g/mol. The van der Waals surface area contributed by atoms with E-state index in [9.17, 15) is 9.59 Å². The van der Waals surface area contributed by atoms with Gasteiger partial charge in [-0.25, -0.2) is 0 Å². The number of rotatable bonds is 6. The van der Waals surface area contributed by atoms with Crippen LogP contribution in [-0.2, 0) is 16.0 Å². The molecule has 0 aliphatic carbocycles. The SMILES string of the molecule is O=C(CN1C(=O)C[C@@H](c2ccccc2)Sc2ccccc21)NCCc1ccccc1. The van der Waals surface area contributed by atoms with E-state index < -0.39 is 0 Å². The summed E-state index contributed by atoms with van der Waals surface area (Å²) in [5.41, 5.74) is 3.11. The van der Waals surface area contributed by atoms with Crippen molar-refractivity contribution >= 4 is 29.3 Å². The number of para-hydroxylation sites is 1. The van der Waals surface area contributed by atoms with Gasteiger partial charge < -0.3 is 10.2 Å². The van der Waals surface area contributed by atoms with Crippen LogP contribution in [0.2, 0.25) is 0 Å². The van der Waals surface area contributed by atoms with Gasteiger partial charge in [0, 0.05) is 23.1 Å². The Hall–Kier alpha value is -3.05. The summed E-state index contributed by atoms with van der Waals surface area (Å²) in [6.07, 6.45) is 1.13. The van der Waals surface area contributed by atoms with Crippen molar-refractivity contribution in [3.8, 4) is 0 Å². The second kappa shape index (κ2) is 9.63. The van der Waals surface area contributed by atoms with Crippen molar-refractivity contribution in [2.24, 2.45) is 0 Å². The molecule has 1 heterocycles. The van der Waals surface area contributed by atoms with Crippen LogP contribution in [0.25, 0.3) is 0 Å². The Labute approximate surface area is 181 Å². The number of thioether (sulfide) groups is 1. The van der Waals surface area contributed by atoms with Crippen LogP contribution in [0.1, 0.15) is 22.8 Å². The van der Waals surface area contributed by atoms with Crippen LogP contribution in [0, 0.1) is 0 Å². The van der Waals surface area contributed by atoms with Gasteiger partial charge in [-0.05, 0) is 29.7 Å². The molecule has 0 unspecified atom stereocenters. The van der Waals surface area contributed by atoms with Crippen molar-refractivity contribution < 1.29 is 9.59 Å². The van der Waals surface area contributed by atoms with E-state index in [2.05, 4.69) is 17.4 Å². The Bertz CT molecular complexity index is 1010. The molecule has 0 radical (unpaired) electrons. The van der Waals surface area contributed by atoms with E-state index in [0.717, 1.165) is 22.6 Å². The third kappa shape index (κ3) is 4.92. The highest BCUT2D eigenvalue weighted by Crippen LogP contribution is 2.45. The number of hydrogen-bond acceptors (Lipinski definition) is 3. The average molecular weight is 417 g/mol. The highest BCUT2D eigenvalue weighted by molar-refractivity contribution is 7.99. The van der Waals surface area contributed by atoms with Gasteiger partial charge in [0.15, 0.2) is 0 Å². The fourth-order valence-electron chi connectivity index (χ4n) is 3.60. The van der Waals surface area contributed by atoms with E-state index in [1.807, 2.05) is 72.8 Å². The van der Waals surface area contributed by atoms with Gasteiger partial charge >= 0.3 is 0 Å². The van der Waals surface area contributed by atoms with Crippen LogP contribution in [-0.4, -0.2) is 24.9 Å². The lowest BCUT2D eigenvalue weighted by molar-refractivity contribution is -0.123. The first-order valence-electron chi connectivity index (χ1n) is 10.1. The first kappa shape index (κ1) is 20.2. The number of anilines is 1. The van der Waals surface area contributed by atoms with Crippen LogP contribution in [0.5, 0.6) is 0 Å². The smallest absolute Gasteiger partial charge is 0.240 e. The van der Waals surface area contributed by atoms with Crippen molar-refractivity contribution in [1.82, 2.24) is 5.32 Å². The molecule has 0 fully saturated rings. The standard InChI is InChI=1S/C25H24N2O2S/c28-24(26-16-15-19-9-3-1-4-10-19)18-27-21-13-7-8-14-22(21)30-23(17-25(27)29)20-11-5-2-6-12-20/h1-14,23H,15-18H2,(H,26,28)/t23-/m0/s1. The van der Waals surface area contributed by atoms with E-state index in [1.54, 1.807) is 16.7 Å². The van der Waals surface area contributed by atoms with Crippen molar-refractivity contribution in [3.63, 3.8) is 0 Å². The number of benzene rings is 3. The summed E-state index contributed by atoms with van der Waals surface area (Å²) in [7, 11) is 0. The normalized spacial score (nSPS) is 15.9. The number of fused-ring (bicyclic) bond motifs is 1. The molecule has 0 saturated carbocycles. The van der Waals surface area contributed by atoms with Gasteiger partial charge in [-0.15, -0.1) is 11.8 Å². The molecule has 1 aliphatic heterocycles. The number of nitrogens with zero attached hydrogens (tertiary/aromatic N) is 1. The van der Waals surface area contributed by atoms with Gasteiger partial charge in [-0.3, -0.25) is 9.59 Å². The second-order valence-corrected chi connectivity index (χ2v) is 8.50. The summed E-state index contributed by atoms with van der Waals surface area (Å²) < 4.78 is 0. The summed E-state index contributed by atoms with van der Waals surface area (Å²) >= 11 is 1.69. The molecule has 1 atom stereocenters. The molecule has 1 N–H and O–H groups in total. The van der Waals surface area contributed by atoms with Gasteiger partial charge in [0.1, 0.15) is 6.54 Å². The van der Waals surface area contributed by atoms with Crippen LogP contribution >= 0.6 is 11.8 Å². The molecule has 5 heteroatoms. The predicted octanol–water partition coefficient (Wildman–Crippen LogP) is 4.62. The third-order valence-electron chi connectivity index (χ3n) is 5.14.